The Balaban J connectivity index is 0.00000163. The second kappa shape index (κ2) is 8.79. The summed E-state index contributed by atoms with van der Waals surface area (Å²) in [5.74, 6) is -0.917. The molecule has 0 unspecified atom stereocenters. The maximum absolute atomic E-state index is 12.8. The van der Waals surface area contributed by atoms with Gasteiger partial charge < -0.3 is 5.11 Å². The summed E-state index contributed by atoms with van der Waals surface area (Å²) in [6.45, 7) is 10.9. The number of hydrogen-bond donors (Lipinski definition) is 1. The van der Waals surface area contributed by atoms with Gasteiger partial charge in [0.1, 0.15) is 0 Å². The minimum Gasteiger partial charge on any atom is -0.481 e. The number of carboxylic acid groups (broad SMARTS) is 1. The van der Waals surface area contributed by atoms with E-state index in [9.17, 15) is 14.7 Å². The zero-order valence-electron chi connectivity index (χ0n) is 16.7. The number of ketones is 1. The lowest BCUT2D eigenvalue weighted by atomic mass is 9.71. The van der Waals surface area contributed by atoms with Crippen molar-refractivity contribution in [1.29, 1.82) is 0 Å². The fourth-order valence-electron chi connectivity index (χ4n) is 3.10. The van der Waals surface area contributed by atoms with E-state index < -0.39 is 16.8 Å². The van der Waals surface area contributed by atoms with Gasteiger partial charge in [0.05, 0.1) is 5.41 Å². The quantitative estimate of drug-likeness (QED) is 0.639. The Morgan fingerprint density at radius 2 is 1.23 bits per heavy atom. The summed E-state index contributed by atoms with van der Waals surface area (Å²) in [4.78, 5) is 24.2. The van der Waals surface area contributed by atoms with Gasteiger partial charge in [-0.2, -0.15) is 0 Å². The molecule has 0 amide bonds. The third-order valence-corrected chi connectivity index (χ3v) is 4.33. The molecular weight excluding hydrogens is 324 g/mol. The monoisotopic (exact) mass is 354 g/mol. The van der Waals surface area contributed by atoms with Gasteiger partial charge in [-0.3, -0.25) is 9.59 Å². The molecule has 0 radical (unpaired) electrons. The lowest BCUT2D eigenvalue weighted by Crippen LogP contribution is -2.35. The molecule has 0 heterocycles. The number of aliphatic carboxylic acids is 1. The molecule has 0 aliphatic rings. The Kier molecular flexibility index (Phi) is 7.31. The number of carbonyl (C=O) groups is 2. The van der Waals surface area contributed by atoms with E-state index in [0.717, 1.165) is 11.1 Å². The van der Waals surface area contributed by atoms with Gasteiger partial charge in [0.25, 0.3) is 0 Å². The normalized spacial score (nSPS) is 11.3. The van der Waals surface area contributed by atoms with E-state index in [1.807, 2.05) is 82.3 Å². The molecule has 0 aromatic heterocycles. The van der Waals surface area contributed by atoms with Crippen LogP contribution in [-0.4, -0.2) is 16.9 Å². The second-order valence-electron chi connectivity index (χ2n) is 7.52. The number of hydrogen-bond acceptors (Lipinski definition) is 2. The molecule has 2 aromatic carbocycles. The largest absolute Gasteiger partial charge is 0.481 e. The van der Waals surface area contributed by atoms with E-state index in [1.54, 1.807) is 13.8 Å². The van der Waals surface area contributed by atoms with E-state index in [2.05, 4.69) is 0 Å². The fourth-order valence-corrected chi connectivity index (χ4v) is 3.10. The molecule has 2 aromatic rings. The molecule has 0 atom stereocenters. The van der Waals surface area contributed by atoms with E-state index in [0.29, 0.717) is 5.56 Å². The molecule has 3 heteroatoms. The predicted molar refractivity (Wildman–Crippen MR) is 107 cm³/mol. The molecular formula is C23H30O3. The van der Waals surface area contributed by atoms with Crippen molar-refractivity contribution in [1.82, 2.24) is 0 Å². The lowest BCUT2D eigenvalue weighted by Gasteiger charge is -2.31. The Morgan fingerprint density at radius 1 is 0.769 bits per heavy atom. The van der Waals surface area contributed by atoms with Crippen LogP contribution in [-0.2, 0) is 4.79 Å². The Labute approximate surface area is 157 Å². The molecule has 26 heavy (non-hydrogen) atoms. The zero-order chi connectivity index (χ0) is 20.0. The first-order valence-corrected chi connectivity index (χ1v) is 9.07. The number of carboxylic acids is 1. The van der Waals surface area contributed by atoms with Gasteiger partial charge in [0, 0.05) is 11.0 Å². The predicted octanol–water partition coefficient (Wildman–Crippen LogP) is 6.09. The third kappa shape index (κ3) is 5.29. The standard InChI is InChI=1S/C21H24O3.C2H6/c1-20(2,14-21(3,4)19(23)24)18(22)17-12-10-16(11-13-17)15-8-6-5-7-9-15;1-2/h5-13H,14H2,1-4H3,(H,23,24);1-2H3. The molecule has 0 aliphatic heterocycles. The Bertz CT molecular complexity index is 726. The van der Waals surface area contributed by atoms with Crippen LogP contribution >= 0.6 is 0 Å². The first kappa shape index (κ1) is 21.6. The van der Waals surface area contributed by atoms with E-state index in [-0.39, 0.29) is 12.2 Å². The molecule has 3 nitrogen and oxygen atoms in total. The molecule has 0 spiro atoms. The molecule has 0 saturated carbocycles. The smallest absolute Gasteiger partial charge is 0.309 e. The summed E-state index contributed by atoms with van der Waals surface area (Å²) >= 11 is 0. The van der Waals surface area contributed by atoms with Crippen LogP contribution < -0.4 is 0 Å². The van der Waals surface area contributed by atoms with Crippen molar-refractivity contribution in [2.45, 2.75) is 48.0 Å². The van der Waals surface area contributed by atoms with Crippen molar-refractivity contribution >= 4 is 11.8 Å². The van der Waals surface area contributed by atoms with Crippen LogP contribution in [0, 0.1) is 10.8 Å². The molecule has 1 N–H and O–H groups in total. The van der Waals surface area contributed by atoms with Gasteiger partial charge in [-0.15, -0.1) is 0 Å². The van der Waals surface area contributed by atoms with Gasteiger partial charge >= 0.3 is 5.97 Å². The fraction of sp³-hybridized carbons (Fsp3) is 0.391. The van der Waals surface area contributed by atoms with E-state index >= 15 is 0 Å². The van der Waals surface area contributed by atoms with Crippen LogP contribution in [0.25, 0.3) is 11.1 Å². The highest BCUT2D eigenvalue weighted by molar-refractivity contribution is 6.00. The van der Waals surface area contributed by atoms with Gasteiger partial charge in [0.2, 0.25) is 0 Å². The third-order valence-electron chi connectivity index (χ3n) is 4.33. The average molecular weight is 354 g/mol. The summed E-state index contributed by atoms with van der Waals surface area (Å²) in [5.41, 5.74) is 1.08. The van der Waals surface area contributed by atoms with Gasteiger partial charge in [0.15, 0.2) is 5.78 Å². The first-order valence-electron chi connectivity index (χ1n) is 9.07. The average Bonchev–Trinajstić information content (AvgIpc) is 2.62. The van der Waals surface area contributed by atoms with E-state index in [1.165, 1.54) is 0 Å². The highest BCUT2D eigenvalue weighted by Gasteiger charge is 2.39. The summed E-state index contributed by atoms with van der Waals surface area (Å²) in [7, 11) is 0. The second-order valence-corrected chi connectivity index (χ2v) is 7.52. The Morgan fingerprint density at radius 3 is 1.69 bits per heavy atom. The Hall–Kier alpha value is -2.42. The summed E-state index contributed by atoms with van der Waals surface area (Å²) in [5, 5.41) is 9.31. The van der Waals surface area contributed by atoms with Crippen LogP contribution in [0.3, 0.4) is 0 Å². The lowest BCUT2D eigenvalue weighted by molar-refractivity contribution is -0.148. The van der Waals surface area contributed by atoms with Crippen molar-refractivity contribution in [3.8, 4) is 11.1 Å². The van der Waals surface area contributed by atoms with Crippen molar-refractivity contribution in [3.05, 3.63) is 60.2 Å². The molecule has 0 saturated heterocycles. The van der Waals surface area contributed by atoms with Gasteiger partial charge in [-0.1, -0.05) is 82.3 Å². The topological polar surface area (TPSA) is 54.4 Å². The summed E-state index contributed by atoms with van der Waals surface area (Å²) < 4.78 is 0. The first-order chi connectivity index (χ1) is 12.1. The van der Waals surface area contributed by atoms with E-state index in [4.69, 9.17) is 0 Å². The van der Waals surface area contributed by atoms with Gasteiger partial charge in [-0.05, 0) is 31.4 Å². The number of rotatable bonds is 6. The number of Topliss-reactive ketones (excluding diaryl/α,β-unsaturated/α-hetero) is 1. The van der Waals surface area contributed by atoms with Crippen molar-refractivity contribution in [3.63, 3.8) is 0 Å². The maximum atomic E-state index is 12.8. The minimum absolute atomic E-state index is 0.0311. The number of carbonyl (C=O) groups excluding carboxylic acids is 1. The van der Waals surface area contributed by atoms with Crippen molar-refractivity contribution in [2.24, 2.45) is 10.8 Å². The number of benzene rings is 2. The summed E-state index contributed by atoms with van der Waals surface area (Å²) in [6.07, 6.45) is 0.286. The SMILES string of the molecule is CC.CC(C)(CC(C)(C)C(=O)c1ccc(-c2ccccc2)cc1)C(=O)O. The van der Waals surface area contributed by atoms with Crippen LogP contribution in [0.4, 0.5) is 0 Å². The van der Waals surface area contributed by atoms with Gasteiger partial charge in [-0.25, -0.2) is 0 Å². The molecule has 0 aliphatic carbocycles. The molecule has 140 valence electrons. The highest BCUT2D eigenvalue weighted by atomic mass is 16.4. The highest BCUT2D eigenvalue weighted by Crippen LogP contribution is 2.36. The summed E-state index contributed by atoms with van der Waals surface area (Å²) in [6, 6.07) is 17.5. The van der Waals surface area contributed by atoms with Crippen LogP contribution in [0.15, 0.2) is 54.6 Å². The molecule has 0 fully saturated rings. The zero-order valence-corrected chi connectivity index (χ0v) is 16.7. The van der Waals surface area contributed by atoms with Crippen LogP contribution in [0.5, 0.6) is 0 Å². The molecule has 0 bridgehead atoms. The minimum atomic E-state index is -0.941. The van der Waals surface area contributed by atoms with Crippen molar-refractivity contribution < 1.29 is 14.7 Å². The maximum Gasteiger partial charge on any atom is 0.309 e. The van der Waals surface area contributed by atoms with Crippen LogP contribution in [0.1, 0.15) is 58.3 Å². The van der Waals surface area contributed by atoms with Crippen LogP contribution in [0.2, 0.25) is 0 Å². The van der Waals surface area contributed by atoms with Crippen molar-refractivity contribution in [2.75, 3.05) is 0 Å². The molecule has 2 rings (SSSR count).